The fourth-order valence-electron chi connectivity index (χ4n) is 3.28. The van der Waals surface area contributed by atoms with Gasteiger partial charge < -0.3 is 17.4 Å². The van der Waals surface area contributed by atoms with Crippen LogP contribution in [0.5, 0.6) is 0 Å². The van der Waals surface area contributed by atoms with Gasteiger partial charge in [0.2, 0.25) is 17.8 Å². The quantitative estimate of drug-likeness (QED) is 0.193. The fraction of sp³-hybridized carbons (Fsp3) is 0.308. The first-order valence-corrected chi connectivity index (χ1v) is 15.8. The maximum Gasteiger partial charge on any atom is 1.00 e. The van der Waals surface area contributed by atoms with Gasteiger partial charge in [-0.3, -0.25) is 9.59 Å². The van der Waals surface area contributed by atoms with Gasteiger partial charge in [0, 0.05) is 48.3 Å². The van der Waals surface area contributed by atoms with Crippen molar-refractivity contribution < 1.29 is 57.4 Å². The monoisotopic (exact) mass is 612 g/mol. The molecule has 4 N–H and O–H groups in total. The van der Waals surface area contributed by atoms with Crippen LogP contribution in [0.1, 0.15) is 39.2 Å². The molecule has 216 valence electrons. The molecule has 0 spiro atoms. The van der Waals surface area contributed by atoms with Crippen LogP contribution in [0.25, 0.3) is 0 Å². The Labute approximate surface area is 263 Å². The molecule has 0 aliphatic heterocycles. The zero-order valence-electron chi connectivity index (χ0n) is 24.4. The Morgan fingerprint density at radius 1 is 0.878 bits per heavy atom. The molecule has 2 aromatic carbocycles. The average molecular weight is 613 g/mol. The molecule has 0 fully saturated rings. The van der Waals surface area contributed by atoms with E-state index in [0.29, 0.717) is 11.5 Å². The molecule has 1 aromatic heterocycles. The van der Waals surface area contributed by atoms with Crippen LogP contribution in [-0.2, 0) is 36.0 Å². The number of rotatable bonds is 13. The summed E-state index contributed by atoms with van der Waals surface area (Å²) in [5, 5.41) is 8.97. The number of sulfone groups is 1. The Kier molecular flexibility index (Phi) is 12.7. The first-order valence-electron chi connectivity index (χ1n) is 12.5. The Morgan fingerprint density at radius 2 is 1.49 bits per heavy atom. The third-order valence-electron chi connectivity index (χ3n) is 5.75. The molecule has 0 aliphatic rings. The topological polar surface area (TPSA) is 176 Å². The molecule has 2 amide bonds. The van der Waals surface area contributed by atoms with Gasteiger partial charge in [-0.1, -0.05) is 26.0 Å². The number of aromatic nitrogens is 2. The van der Waals surface area contributed by atoms with Gasteiger partial charge in [-0.05, 0) is 48.9 Å². The number of anilines is 4. The summed E-state index contributed by atoms with van der Waals surface area (Å²) >= 11 is 0. The van der Waals surface area contributed by atoms with Crippen molar-refractivity contribution in [2.45, 2.75) is 45.1 Å². The zero-order valence-corrected chi connectivity index (χ0v) is 27.0. The van der Waals surface area contributed by atoms with E-state index in [1.807, 2.05) is 35.9 Å². The fourth-order valence-corrected chi connectivity index (χ4v) is 5.12. The molecule has 12 nitrogen and oxygen atoms in total. The summed E-state index contributed by atoms with van der Waals surface area (Å²) in [4.78, 5) is 32.1. The first-order chi connectivity index (χ1) is 18.9. The first kappa shape index (κ1) is 34.2. The third-order valence-corrected chi connectivity index (χ3v) is 8.84. The number of hydrogen-bond acceptors (Lipinski definition) is 10. The summed E-state index contributed by atoms with van der Waals surface area (Å²) < 4.78 is 49.6. The molecule has 15 heteroatoms. The minimum absolute atomic E-state index is 0. The van der Waals surface area contributed by atoms with Crippen molar-refractivity contribution in [3.05, 3.63) is 65.9 Å². The number of amides is 2. The van der Waals surface area contributed by atoms with Crippen LogP contribution in [0.15, 0.2) is 59.6 Å². The molecule has 3 aromatic rings. The van der Waals surface area contributed by atoms with Gasteiger partial charge in [-0.25, -0.2) is 26.5 Å². The van der Waals surface area contributed by atoms with Gasteiger partial charge in [0.05, 0.1) is 10.6 Å². The van der Waals surface area contributed by atoms with Crippen LogP contribution in [0.2, 0.25) is 0 Å². The normalized spacial score (nSPS) is 11.2. The van der Waals surface area contributed by atoms with Crippen molar-refractivity contribution in [1.29, 1.82) is 0 Å². The largest absolute Gasteiger partial charge is 1.00 e. The van der Waals surface area contributed by atoms with Gasteiger partial charge in [0.25, 0.3) is 10.0 Å². The van der Waals surface area contributed by atoms with E-state index < -0.39 is 25.8 Å². The maximum atomic E-state index is 12.3. The molecule has 0 bridgehead atoms. The molecule has 0 atom stereocenters. The minimum atomic E-state index is -3.94. The molecular weight excluding hydrogens is 579 g/mol. The summed E-state index contributed by atoms with van der Waals surface area (Å²) in [6, 6.07) is 13.2. The third kappa shape index (κ3) is 10.7. The van der Waals surface area contributed by atoms with E-state index in [9.17, 15) is 26.4 Å². The number of carbonyl (C=O) groups excluding carboxylic acids is 2. The summed E-state index contributed by atoms with van der Waals surface area (Å²) in [7, 11) is -7.13. The Morgan fingerprint density at radius 3 is 2.10 bits per heavy atom. The van der Waals surface area contributed by atoms with Crippen molar-refractivity contribution in [2.75, 3.05) is 22.1 Å². The molecule has 0 radical (unpaired) electrons. The number of hydrogen-bond donors (Lipinski definition) is 4. The van der Waals surface area contributed by atoms with Crippen molar-refractivity contribution >= 4 is 54.8 Å². The van der Waals surface area contributed by atoms with Crippen LogP contribution in [0.3, 0.4) is 0 Å². The van der Waals surface area contributed by atoms with Crippen LogP contribution in [0.4, 0.5) is 23.1 Å². The molecule has 0 unspecified atom stereocenters. The van der Waals surface area contributed by atoms with Crippen LogP contribution in [-0.4, -0.2) is 50.1 Å². The molecule has 41 heavy (non-hydrogen) atoms. The number of sulfonamides is 1. The summed E-state index contributed by atoms with van der Waals surface area (Å²) in [6.07, 6.45) is 1.62. The van der Waals surface area contributed by atoms with E-state index >= 15 is 0 Å². The SMILES string of the molecule is CCC(=O)NS(=O)(=O)c1ccc(Nc2ncc(C)c(Nc3ccc(CNC(=O)CCS(=O)(=O)CC)cc3)n2)cc1.[H-].[Na+]. The molecule has 3 rings (SSSR count). The Bertz CT molecular complexity index is 1570. The number of nitrogens with one attached hydrogen (secondary N) is 4. The van der Waals surface area contributed by atoms with Gasteiger partial charge in [-0.2, -0.15) is 4.98 Å². The van der Waals surface area contributed by atoms with Crippen molar-refractivity contribution in [1.82, 2.24) is 20.0 Å². The van der Waals surface area contributed by atoms with Crippen LogP contribution < -0.4 is 50.2 Å². The average Bonchev–Trinajstić information content (AvgIpc) is 2.93. The molecule has 0 saturated heterocycles. The second kappa shape index (κ2) is 15.3. The number of nitrogens with zero attached hydrogens (tertiary/aromatic N) is 2. The second-order valence-corrected chi connectivity index (χ2v) is 13.0. The van der Waals surface area contributed by atoms with Gasteiger partial charge >= 0.3 is 29.6 Å². The van der Waals surface area contributed by atoms with Crippen LogP contribution >= 0.6 is 0 Å². The zero-order chi connectivity index (χ0) is 29.3. The summed E-state index contributed by atoms with van der Waals surface area (Å²) in [5.41, 5.74) is 2.94. The van der Waals surface area contributed by atoms with Crippen molar-refractivity contribution in [3.63, 3.8) is 0 Å². The minimum Gasteiger partial charge on any atom is -1.00 e. The molecular formula is C26H33N6NaO6S2. The number of benzene rings is 2. The van der Waals surface area contributed by atoms with Crippen molar-refractivity contribution in [3.8, 4) is 0 Å². The number of aryl methyl sites for hydroxylation is 1. The standard InChI is InChI=1S/C26H32N6O6S2.Na.H/c1-4-23(33)32-40(37,38)22-12-10-21(11-13-22)30-26-28-16-18(3)25(31-26)29-20-8-6-19(7-9-20)17-27-24(34)14-15-39(35,36)5-2;;/h6-13,16H,4-5,14-15,17H2,1-3H3,(H,27,34)(H,32,33)(H2,28,29,30,31);;/q;+1;-1. The number of carbonyl (C=O) groups is 2. The molecule has 0 aliphatic carbocycles. The van der Waals surface area contributed by atoms with E-state index in [4.69, 9.17) is 0 Å². The van der Waals surface area contributed by atoms with E-state index in [1.54, 1.807) is 32.2 Å². The second-order valence-electron chi connectivity index (χ2n) is 8.84. The Hall–Kier alpha value is -3.04. The van der Waals surface area contributed by atoms with Gasteiger partial charge in [0.1, 0.15) is 5.82 Å². The summed E-state index contributed by atoms with van der Waals surface area (Å²) in [5.74, 6) is -0.230. The van der Waals surface area contributed by atoms with Crippen LogP contribution in [0, 0.1) is 6.92 Å². The van der Waals surface area contributed by atoms with Crippen molar-refractivity contribution in [2.24, 2.45) is 0 Å². The molecule has 1 heterocycles. The van der Waals surface area contributed by atoms with E-state index in [0.717, 1.165) is 16.8 Å². The molecule has 0 saturated carbocycles. The van der Waals surface area contributed by atoms with E-state index in [1.165, 1.54) is 12.1 Å². The van der Waals surface area contributed by atoms with E-state index in [-0.39, 0.29) is 78.6 Å². The predicted octanol–water partition coefficient (Wildman–Crippen LogP) is 0.0446. The van der Waals surface area contributed by atoms with Gasteiger partial charge in [0.15, 0.2) is 9.84 Å². The summed E-state index contributed by atoms with van der Waals surface area (Å²) in [6.45, 7) is 5.24. The van der Waals surface area contributed by atoms with E-state index in [2.05, 4.69) is 25.9 Å². The maximum absolute atomic E-state index is 12.3. The van der Waals surface area contributed by atoms with Gasteiger partial charge in [-0.15, -0.1) is 0 Å². The smallest absolute Gasteiger partial charge is 1.00 e. The predicted molar refractivity (Wildman–Crippen MR) is 154 cm³/mol. The Balaban J connectivity index is 0.00000441.